The number of nitrogens with zero attached hydrogens (tertiary/aromatic N) is 1. The maximum atomic E-state index is 13.7. The van der Waals surface area contributed by atoms with Crippen LogP contribution in [0.25, 0.3) is 0 Å². The lowest BCUT2D eigenvalue weighted by Crippen LogP contribution is -2.55. The maximum absolute atomic E-state index is 13.7. The SMILES string of the molecule is C=CCCCCC(=O)N(Cc1ccc(Cl)cc1)[C@@H]1C=C(C(=O)NCCO)[C@@H]2c3cc(CO)cc(OC)c3O[C@@H]2[C@H]1O. The second kappa shape index (κ2) is 14.0. The summed E-state index contributed by atoms with van der Waals surface area (Å²) in [6, 6.07) is 9.62. The van der Waals surface area contributed by atoms with Gasteiger partial charge in [0.15, 0.2) is 11.5 Å². The zero-order valence-electron chi connectivity index (χ0n) is 23.1. The number of ether oxygens (including phenoxy) is 2. The van der Waals surface area contributed by atoms with Crippen molar-refractivity contribution in [2.75, 3.05) is 20.3 Å². The first-order valence-corrected chi connectivity index (χ1v) is 14.1. The molecule has 4 N–H and O–H groups in total. The van der Waals surface area contributed by atoms with Crippen LogP contribution in [0.2, 0.25) is 5.02 Å². The zero-order valence-corrected chi connectivity index (χ0v) is 23.8. The highest BCUT2D eigenvalue weighted by molar-refractivity contribution is 6.30. The van der Waals surface area contributed by atoms with Gasteiger partial charge in [0.2, 0.25) is 11.8 Å². The molecule has 2 aliphatic rings. The maximum Gasteiger partial charge on any atom is 0.247 e. The molecule has 9 nitrogen and oxygen atoms in total. The lowest BCUT2D eigenvalue weighted by Gasteiger charge is -2.41. The Morgan fingerprint density at radius 2 is 1.93 bits per heavy atom. The van der Waals surface area contributed by atoms with E-state index in [2.05, 4.69) is 11.9 Å². The Labute approximate surface area is 245 Å². The first-order chi connectivity index (χ1) is 19.8. The molecule has 220 valence electrons. The van der Waals surface area contributed by atoms with Crippen LogP contribution in [0.1, 0.15) is 48.3 Å². The number of benzene rings is 2. The Bertz CT molecular complexity index is 1280. The van der Waals surface area contributed by atoms with E-state index >= 15 is 0 Å². The Balaban J connectivity index is 1.77. The average molecular weight is 585 g/mol. The smallest absolute Gasteiger partial charge is 0.247 e. The number of carbonyl (C=O) groups is 2. The molecule has 0 radical (unpaired) electrons. The van der Waals surface area contributed by atoms with Crippen LogP contribution < -0.4 is 14.8 Å². The summed E-state index contributed by atoms with van der Waals surface area (Å²) in [5, 5.41) is 34.2. The molecule has 0 fully saturated rings. The molecule has 1 aliphatic heterocycles. The van der Waals surface area contributed by atoms with E-state index < -0.39 is 30.1 Å². The molecule has 1 aliphatic carbocycles. The quantitative estimate of drug-likeness (QED) is 0.210. The monoisotopic (exact) mass is 584 g/mol. The molecule has 10 heteroatoms. The second-order valence-corrected chi connectivity index (χ2v) is 10.6. The van der Waals surface area contributed by atoms with Crippen LogP contribution in [0.5, 0.6) is 11.5 Å². The van der Waals surface area contributed by atoms with Gasteiger partial charge in [0.25, 0.3) is 0 Å². The van der Waals surface area contributed by atoms with E-state index in [0.29, 0.717) is 39.6 Å². The topological polar surface area (TPSA) is 129 Å². The van der Waals surface area contributed by atoms with Crippen molar-refractivity contribution in [3.8, 4) is 11.5 Å². The number of allylic oxidation sites excluding steroid dienone is 1. The number of fused-ring (bicyclic) bond motifs is 3. The molecule has 0 saturated carbocycles. The number of amides is 2. The Morgan fingerprint density at radius 3 is 2.59 bits per heavy atom. The molecule has 0 bridgehead atoms. The van der Waals surface area contributed by atoms with Crippen molar-refractivity contribution >= 4 is 23.4 Å². The fourth-order valence-electron chi connectivity index (χ4n) is 5.47. The van der Waals surface area contributed by atoms with Crippen molar-refractivity contribution in [1.29, 1.82) is 0 Å². The molecule has 0 saturated heterocycles. The van der Waals surface area contributed by atoms with E-state index in [4.69, 9.17) is 21.1 Å². The van der Waals surface area contributed by atoms with Gasteiger partial charge in [-0.2, -0.15) is 0 Å². The third kappa shape index (κ3) is 6.76. The number of carbonyl (C=O) groups excluding carboxylic acids is 2. The number of rotatable bonds is 13. The largest absolute Gasteiger partial charge is 0.493 e. The third-order valence-electron chi connectivity index (χ3n) is 7.49. The first kappa shape index (κ1) is 30.6. The first-order valence-electron chi connectivity index (χ1n) is 13.7. The highest BCUT2D eigenvalue weighted by Gasteiger charge is 2.51. The summed E-state index contributed by atoms with van der Waals surface area (Å²) >= 11 is 6.09. The van der Waals surface area contributed by atoms with Crippen molar-refractivity contribution in [1.82, 2.24) is 10.2 Å². The van der Waals surface area contributed by atoms with Gasteiger partial charge in [-0.25, -0.2) is 0 Å². The fourth-order valence-corrected chi connectivity index (χ4v) is 5.60. The predicted octanol–water partition coefficient (Wildman–Crippen LogP) is 3.24. The summed E-state index contributed by atoms with van der Waals surface area (Å²) in [4.78, 5) is 28.7. The van der Waals surface area contributed by atoms with Crippen LogP contribution in [-0.4, -0.2) is 70.5 Å². The minimum absolute atomic E-state index is 0.0330. The molecule has 4 atom stereocenters. The van der Waals surface area contributed by atoms with Crippen LogP contribution in [0, 0.1) is 0 Å². The van der Waals surface area contributed by atoms with Crippen molar-refractivity contribution in [2.45, 2.75) is 63.0 Å². The molecule has 0 spiro atoms. The van der Waals surface area contributed by atoms with E-state index in [-0.39, 0.29) is 38.6 Å². The van der Waals surface area contributed by atoms with Gasteiger partial charge in [-0.15, -0.1) is 6.58 Å². The summed E-state index contributed by atoms with van der Waals surface area (Å²) in [5.41, 5.74) is 2.28. The number of hydrogen-bond acceptors (Lipinski definition) is 7. The third-order valence-corrected chi connectivity index (χ3v) is 7.74. The van der Waals surface area contributed by atoms with Gasteiger partial charge in [0, 0.05) is 35.7 Å². The number of methoxy groups -OCH3 is 1. The van der Waals surface area contributed by atoms with Crippen LogP contribution in [0.4, 0.5) is 0 Å². The zero-order chi connectivity index (χ0) is 29.5. The lowest BCUT2D eigenvalue weighted by molar-refractivity contribution is -0.138. The highest BCUT2D eigenvalue weighted by Crippen LogP contribution is 2.51. The van der Waals surface area contributed by atoms with E-state index in [0.717, 1.165) is 18.4 Å². The Morgan fingerprint density at radius 1 is 1.17 bits per heavy atom. The van der Waals surface area contributed by atoms with E-state index in [1.807, 2.05) is 18.2 Å². The van der Waals surface area contributed by atoms with Gasteiger partial charge in [-0.1, -0.05) is 29.8 Å². The Kier molecular flexibility index (Phi) is 10.4. The van der Waals surface area contributed by atoms with Gasteiger partial charge in [0.05, 0.1) is 32.3 Å². The van der Waals surface area contributed by atoms with E-state index in [1.165, 1.54) is 7.11 Å². The molecule has 0 aromatic heterocycles. The van der Waals surface area contributed by atoms with E-state index in [1.54, 1.807) is 35.2 Å². The van der Waals surface area contributed by atoms with Gasteiger partial charge in [0.1, 0.15) is 12.2 Å². The van der Waals surface area contributed by atoms with Crippen molar-refractivity contribution in [2.24, 2.45) is 0 Å². The Hall–Kier alpha value is -3.37. The minimum Gasteiger partial charge on any atom is -0.493 e. The van der Waals surface area contributed by atoms with Gasteiger partial charge < -0.3 is 35.0 Å². The number of unbranched alkanes of at least 4 members (excludes halogenated alkanes) is 2. The van der Waals surface area contributed by atoms with Gasteiger partial charge in [-0.05, 0) is 60.7 Å². The van der Waals surface area contributed by atoms with Gasteiger partial charge >= 0.3 is 0 Å². The molecule has 2 aromatic carbocycles. The van der Waals surface area contributed by atoms with Crippen molar-refractivity contribution in [3.05, 3.63) is 82.4 Å². The number of nitrogens with one attached hydrogen (secondary N) is 1. The van der Waals surface area contributed by atoms with Crippen LogP contribution in [0.15, 0.2) is 60.7 Å². The second-order valence-electron chi connectivity index (χ2n) is 10.2. The molecule has 0 unspecified atom stereocenters. The standard InChI is InChI=1S/C31H37ClN2O7/c1-3-4-5-6-7-26(37)34(17-19-8-10-21(32)11-9-19)24-16-23(31(39)33-12-13-35)27-22-14-20(18-36)15-25(40-2)29(22)41-30(27)28(24)38/h3,8-11,14-16,24,27-28,30,35-36,38H,1,4-7,12-13,17-18H2,2H3,(H,33,39)/t24-,27+,28+,30+/m1/s1. The predicted molar refractivity (Wildman–Crippen MR) is 155 cm³/mol. The summed E-state index contributed by atoms with van der Waals surface area (Å²) in [7, 11) is 1.48. The summed E-state index contributed by atoms with van der Waals surface area (Å²) in [6.07, 6.45) is 3.85. The number of aliphatic hydroxyl groups is 3. The molecule has 41 heavy (non-hydrogen) atoms. The summed E-state index contributed by atoms with van der Waals surface area (Å²) in [5.74, 6) is -0.555. The number of hydrogen-bond donors (Lipinski definition) is 4. The number of halogens is 1. The van der Waals surface area contributed by atoms with Crippen LogP contribution in [0.3, 0.4) is 0 Å². The lowest BCUT2D eigenvalue weighted by atomic mass is 9.77. The number of aliphatic hydroxyl groups excluding tert-OH is 3. The van der Waals surface area contributed by atoms with Gasteiger partial charge in [-0.3, -0.25) is 9.59 Å². The summed E-state index contributed by atoms with van der Waals surface area (Å²) in [6.45, 7) is 3.45. The molecule has 2 aromatic rings. The average Bonchev–Trinajstić information content (AvgIpc) is 3.37. The van der Waals surface area contributed by atoms with Crippen LogP contribution in [-0.2, 0) is 22.7 Å². The molecule has 1 heterocycles. The normalized spacial score (nSPS) is 20.8. The minimum atomic E-state index is -1.19. The fraction of sp³-hybridized carbons (Fsp3) is 0.419. The van der Waals surface area contributed by atoms with E-state index in [9.17, 15) is 24.9 Å². The molecule has 4 rings (SSSR count). The van der Waals surface area contributed by atoms with Crippen LogP contribution >= 0.6 is 11.6 Å². The van der Waals surface area contributed by atoms with Crippen molar-refractivity contribution < 1.29 is 34.4 Å². The summed E-state index contributed by atoms with van der Waals surface area (Å²) < 4.78 is 11.8. The van der Waals surface area contributed by atoms with Crippen molar-refractivity contribution in [3.63, 3.8) is 0 Å². The highest BCUT2D eigenvalue weighted by atomic mass is 35.5. The molecule has 2 amide bonds. The molecular formula is C31H37ClN2O7. The molecular weight excluding hydrogens is 548 g/mol.